The summed E-state index contributed by atoms with van der Waals surface area (Å²) in [6, 6.07) is 17.2. The number of aliphatic hydroxyl groups is 1. The molecule has 0 unspecified atom stereocenters. The van der Waals surface area contributed by atoms with E-state index in [0.29, 0.717) is 18.9 Å². The third-order valence-electron chi connectivity index (χ3n) is 5.07. The molecule has 2 atom stereocenters. The van der Waals surface area contributed by atoms with Crippen LogP contribution in [0.2, 0.25) is 0 Å². The molecule has 8 heteroatoms. The van der Waals surface area contributed by atoms with Gasteiger partial charge >= 0.3 is 5.97 Å². The van der Waals surface area contributed by atoms with Crippen LogP contribution in [0.25, 0.3) is 11.1 Å². The van der Waals surface area contributed by atoms with Crippen molar-refractivity contribution in [1.82, 2.24) is 10.3 Å². The first-order valence-corrected chi connectivity index (χ1v) is 10.4. The highest BCUT2D eigenvalue weighted by molar-refractivity contribution is 5.92. The van der Waals surface area contributed by atoms with Gasteiger partial charge in [-0.25, -0.2) is 4.79 Å². The maximum atomic E-state index is 11.4. The summed E-state index contributed by atoms with van der Waals surface area (Å²) in [6.45, 7) is 4.78. The number of carboxylic acids is 1. The average Bonchev–Trinajstić information content (AvgIpc) is 2.78. The van der Waals surface area contributed by atoms with Gasteiger partial charge in [-0.1, -0.05) is 36.4 Å². The first-order valence-electron chi connectivity index (χ1n) is 10.4. The fourth-order valence-electron chi connectivity index (χ4n) is 3.42. The van der Waals surface area contributed by atoms with Gasteiger partial charge in [-0.3, -0.25) is 4.98 Å². The number of carbonyl (C=O) groups is 1. The highest BCUT2D eigenvalue weighted by atomic mass is 35.5. The molecule has 0 fully saturated rings. The van der Waals surface area contributed by atoms with Gasteiger partial charge in [0.15, 0.2) is 0 Å². The van der Waals surface area contributed by atoms with E-state index in [1.54, 1.807) is 30.6 Å². The summed E-state index contributed by atoms with van der Waals surface area (Å²) < 4.78 is 5.50. The molecule has 3 N–H and O–H groups in total. The smallest absolute Gasteiger partial charge is 0.339 e. The molecule has 0 amide bonds. The van der Waals surface area contributed by atoms with Crippen molar-refractivity contribution < 1.29 is 19.7 Å². The molecule has 3 aromatic rings. The summed E-state index contributed by atoms with van der Waals surface area (Å²) in [6.07, 6.45) is 3.60. The van der Waals surface area contributed by atoms with Crippen LogP contribution < -0.4 is 10.1 Å². The zero-order valence-electron chi connectivity index (χ0n) is 18.6. The van der Waals surface area contributed by atoms with Crippen molar-refractivity contribution in [2.75, 3.05) is 13.2 Å². The van der Waals surface area contributed by atoms with E-state index in [9.17, 15) is 15.0 Å². The van der Waals surface area contributed by atoms with Crippen LogP contribution in [0, 0.1) is 0 Å². The Hall–Kier alpha value is -2.64. The maximum absolute atomic E-state index is 11.4. The molecule has 0 bridgehead atoms. The lowest BCUT2D eigenvalue weighted by molar-refractivity contribution is 0.0692. The number of nitrogens with one attached hydrogen (secondary N) is 1. The molecule has 0 aliphatic heterocycles. The van der Waals surface area contributed by atoms with Gasteiger partial charge < -0.3 is 20.3 Å². The van der Waals surface area contributed by atoms with Crippen LogP contribution in [0.5, 0.6) is 5.75 Å². The topological polar surface area (TPSA) is 91.7 Å². The van der Waals surface area contributed by atoms with Crippen molar-refractivity contribution in [2.45, 2.75) is 32.4 Å². The number of nitrogens with zero attached hydrogens (tertiary/aromatic N) is 1. The van der Waals surface area contributed by atoms with E-state index in [4.69, 9.17) is 4.74 Å². The van der Waals surface area contributed by atoms with Crippen molar-refractivity contribution in [1.29, 1.82) is 0 Å². The number of aromatic carboxylic acids is 1. The number of hydrogen-bond donors (Lipinski definition) is 3. The fourth-order valence-corrected chi connectivity index (χ4v) is 3.42. The number of rotatable bonds is 10. The molecular formula is C25H30Cl2N2O4. The van der Waals surface area contributed by atoms with E-state index < -0.39 is 12.1 Å². The molecule has 33 heavy (non-hydrogen) atoms. The van der Waals surface area contributed by atoms with Gasteiger partial charge in [-0.15, -0.1) is 24.8 Å². The number of carboxylic acid groups (broad SMARTS) is 1. The van der Waals surface area contributed by atoms with Gasteiger partial charge in [0, 0.05) is 30.5 Å². The van der Waals surface area contributed by atoms with Gasteiger partial charge in [0.1, 0.15) is 11.3 Å². The van der Waals surface area contributed by atoms with E-state index in [1.165, 1.54) is 5.56 Å². The predicted octanol–water partition coefficient (Wildman–Crippen LogP) is 4.94. The van der Waals surface area contributed by atoms with Crippen LogP contribution >= 0.6 is 24.8 Å². The molecule has 178 valence electrons. The van der Waals surface area contributed by atoms with Crippen molar-refractivity contribution >= 4 is 30.8 Å². The van der Waals surface area contributed by atoms with Crippen LogP contribution in [0.1, 0.15) is 41.4 Å². The van der Waals surface area contributed by atoms with E-state index in [-0.39, 0.29) is 36.4 Å². The number of benzene rings is 2. The second kappa shape index (κ2) is 13.8. The number of hydrogen-bond acceptors (Lipinski definition) is 5. The minimum absolute atomic E-state index is 0. The molecule has 0 radical (unpaired) electrons. The molecule has 1 heterocycles. The number of aromatic nitrogens is 1. The Labute approximate surface area is 206 Å². The summed E-state index contributed by atoms with van der Waals surface area (Å²) >= 11 is 0. The van der Waals surface area contributed by atoms with E-state index >= 15 is 0 Å². The van der Waals surface area contributed by atoms with Crippen molar-refractivity contribution in [3.63, 3.8) is 0 Å². The quantitative estimate of drug-likeness (QED) is 0.371. The number of ether oxygens (including phenoxy) is 1. The SMILES string of the molecule is CCOc1cc(-c2ccc(C[C@@H](C)NC[C@H](O)c3cccnc3)cc2)ccc1C(=O)O.Cl.Cl. The molecule has 1 aromatic heterocycles. The summed E-state index contributed by atoms with van der Waals surface area (Å²) in [5.41, 5.74) is 4.04. The van der Waals surface area contributed by atoms with Crippen molar-refractivity contribution in [3.05, 3.63) is 83.7 Å². The number of aliphatic hydroxyl groups excluding tert-OH is 1. The first-order chi connectivity index (χ1) is 15.0. The second-order valence-corrected chi connectivity index (χ2v) is 7.46. The lowest BCUT2D eigenvalue weighted by Gasteiger charge is -2.17. The Bertz CT molecular complexity index is 1000. The van der Waals surface area contributed by atoms with Gasteiger partial charge in [0.2, 0.25) is 0 Å². The van der Waals surface area contributed by atoms with Gasteiger partial charge in [-0.2, -0.15) is 0 Å². The number of halogens is 2. The second-order valence-electron chi connectivity index (χ2n) is 7.46. The first kappa shape index (κ1) is 28.4. The van der Waals surface area contributed by atoms with Gasteiger partial charge in [0.25, 0.3) is 0 Å². The summed E-state index contributed by atoms with van der Waals surface area (Å²) in [5.74, 6) is -0.623. The zero-order chi connectivity index (χ0) is 22.2. The Balaban J connectivity index is 0.00000272. The highest BCUT2D eigenvalue weighted by Gasteiger charge is 2.13. The molecule has 0 saturated carbocycles. The summed E-state index contributed by atoms with van der Waals surface area (Å²) in [5, 5.41) is 22.9. The molecule has 0 aliphatic carbocycles. The molecule has 0 saturated heterocycles. The third kappa shape index (κ3) is 8.02. The molecule has 0 spiro atoms. The lowest BCUT2D eigenvalue weighted by atomic mass is 9.99. The Morgan fingerprint density at radius 1 is 1.09 bits per heavy atom. The molecule has 0 aliphatic rings. The average molecular weight is 493 g/mol. The van der Waals surface area contributed by atoms with E-state index in [0.717, 1.165) is 23.1 Å². The van der Waals surface area contributed by atoms with Crippen LogP contribution in [0.15, 0.2) is 67.0 Å². The number of pyridine rings is 1. The zero-order valence-corrected chi connectivity index (χ0v) is 20.2. The normalized spacial score (nSPS) is 12.1. The molecule has 6 nitrogen and oxygen atoms in total. The van der Waals surface area contributed by atoms with E-state index in [1.807, 2.05) is 31.2 Å². The van der Waals surface area contributed by atoms with Gasteiger partial charge in [0.05, 0.1) is 12.7 Å². The monoisotopic (exact) mass is 492 g/mol. The minimum atomic E-state index is -1.000. The molecule has 3 rings (SSSR count). The van der Waals surface area contributed by atoms with Crippen LogP contribution in [0.3, 0.4) is 0 Å². The Morgan fingerprint density at radius 2 is 1.79 bits per heavy atom. The fraction of sp³-hybridized carbons (Fsp3) is 0.280. The van der Waals surface area contributed by atoms with Crippen molar-refractivity contribution in [3.8, 4) is 16.9 Å². The predicted molar refractivity (Wildman–Crippen MR) is 135 cm³/mol. The van der Waals surface area contributed by atoms with Gasteiger partial charge in [-0.05, 0) is 55.2 Å². The summed E-state index contributed by atoms with van der Waals surface area (Å²) in [7, 11) is 0. The summed E-state index contributed by atoms with van der Waals surface area (Å²) in [4.78, 5) is 15.4. The van der Waals surface area contributed by atoms with E-state index in [2.05, 4.69) is 29.4 Å². The largest absolute Gasteiger partial charge is 0.493 e. The van der Waals surface area contributed by atoms with Crippen LogP contribution in [0.4, 0.5) is 0 Å². The Kier molecular flexibility index (Phi) is 11.9. The van der Waals surface area contributed by atoms with Crippen molar-refractivity contribution in [2.24, 2.45) is 0 Å². The van der Waals surface area contributed by atoms with Crippen LogP contribution in [-0.4, -0.2) is 40.4 Å². The lowest BCUT2D eigenvalue weighted by Crippen LogP contribution is -2.32. The molecule has 2 aromatic carbocycles. The standard InChI is InChI=1S/C25H28N2O4.2ClH/c1-3-31-24-14-20(10-11-22(24)25(29)30)19-8-6-18(7-9-19)13-17(2)27-16-23(28)21-5-4-12-26-15-21;;/h4-12,14-15,17,23,27-28H,3,13,16H2,1-2H3,(H,29,30);2*1H/t17-,23+;;/m1../s1. The molecular weight excluding hydrogens is 463 g/mol. The Morgan fingerprint density at radius 3 is 2.39 bits per heavy atom. The maximum Gasteiger partial charge on any atom is 0.339 e. The van der Waals surface area contributed by atoms with Crippen LogP contribution in [-0.2, 0) is 6.42 Å². The third-order valence-corrected chi connectivity index (χ3v) is 5.07. The minimum Gasteiger partial charge on any atom is -0.493 e. The highest BCUT2D eigenvalue weighted by Crippen LogP contribution is 2.28.